The number of carbonyl (C=O) groups excluding carboxylic acids is 1. The van der Waals surface area contributed by atoms with Gasteiger partial charge in [0.15, 0.2) is 0 Å². The predicted octanol–water partition coefficient (Wildman–Crippen LogP) is 2.85. The van der Waals surface area contributed by atoms with Gasteiger partial charge in [0.2, 0.25) is 0 Å². The van der Waals surface area contributed by atoms with E-state index in [1.54, 1.807) is 19.1 Å². The molecule has 0 fully saturated rings. The van der Waals surface area contributed by atoms with Crippen LogP contribution in [-0.4, -0.2) is 34.5 Å². The fourth-order valence-electron chi connectivity index (χ4n) is 1.96. The lowest BCUT2D eigenvalue weighted by atomic mass is 10.1. The SMILES string of the molecule is Cc1cccc(C(=O)N(CCCC(=O)O)C(C)C)c1F. The van der Waals surface area contributed by atoms with Crippen molar-refractivity contribution in [3.05, 3.63) is 35.1 Å². The fraction of sp³-hybridized carbons (Fsp3) is 0.467. The summed E-state index contributed by atoms with van der Waals surface area (Å²) in [5.41, 5.74) is 0.458. The number of aryl methyl sites for hydroxylation is 1. The Labute approximate surface area is 118 Å². The van der Waals surface area contributed by atoms with Crippen LogP contribution in [0.15, 0.2) is 18.2 Å². The van der Waals surface area contributed by atoms with Crippen LogP contribution >= 0.6 is 0 Å². The monoisotopic (exact) mass is 281 g/mol. The molecule has 0 aliphatic heterocycles. The number of rotatable bonds is 6. The van der Waals surface area contributed by atoms with Gasteiger partial charge in [0.25, 0.3) is 5.91 Å². The number of carboxylic acids is 1. The van der Waals surface area contributed by atoms with E-state index in [0.29, 0.717) is 18.5 Å². The van der Waals surface area contributed by atoms with Gasteiger partial charge >= 0.3 is 5.97 Å². The molecule has 0 heterocycles. The highest BCUT2D eigenvalue weighted by atomic mass is 19.1. The topological polar surface area (TPSA) is 57.6 Å². The van der Waals surface area contributed by atoms with Crippen molar-refractivity contribution in [3.63, 3.8) is 0 Å². The van der Waals surface area contributed by atoms with Crippen LogP contribution in [0.3, 0.4) is 0 Å². The van der Waals surface area contributed by atoms with Crippen LogP contribution < -0.4 is 0 Å². The highest BCUT2D eigenvalue weighted by molar-refractivity contribution is 5.94. The average molecular weight is 281 g/mol. The Bertz CT molecular complexity index is 500. The summed E-state index contributed by atoms with van der Waals surface area (Å²) in [7, 11) is 0. The van der Waals surface area contributed by atoms with Gasteiger partial charge in [-0.25, -0.2) is 4.39 Å². The summed E-state index contributed by atoms with van der Waals surface area (Å²) >= 11 is 0. The molecule has 0 aliphatic rings. The molecule has 0 aliphatic carbocycles. The minimum Gasteiger partial charge on any atom is -0.481 e. The van der Waals surface area contributed by atoms with E-state index in [9.17, 15) is 14.0 Å². The van der Waals surface area contributed by atoms with Crippen LogP contribution in [-0.2, 0) is 4.79 Å². The molecule has 110 valence electrons. The van der Waals surface area contributed by atoms with Crippen LogP contribution in [0.1, 0.15) is 42.6 Å². The molecule has 1 aromatic carbocycles. The summed E-state index contributed by atoms with van der Waals surface area (Å²) in [5, 5.41) is 8.64. The molecule has 0 spiro atoms. The number of aliphatic carboxylic acids is 1. The normalized spacial score (nSPS) is 10.7. The van der Waals surface area contributed by atoms with E-state index in [-0.39, 0.29) is 18.0 Å². The van der Waals surface area contributed by atoms with Gasteiger partial charge < -0.3 is 10.0 Å². The van der Waals surface area contributed by atoms with Gasteiger partial charge in [-0.1, -0.05) is 12.1 Å². The Balaban J connectivity index is 2.88. The summed E-state index contributed by atoms with van der Waals surface area (Å²) < 4.78 is 14.0. The first-order valence-electron chi connectivity index (χ1n) is 6.62. The summed E-state index contributed by atoms with van der Waals surface area (Å²) in [4.78, 5) is 24.4. The Hall–Kier alpha value is -1.91. The molecule has 0 radical (unpaired) electrons. The average Bonchev–Trinajstić information content (AvgIpc) is 2.36. The molecule has 1 rings (SSSR count). The van der Waals surface area contributed by atoms with Crippen molar-refractivity contribution in [2.45, 2.75) is 39.7 Å². The van der Waals surface area contributed by atoms with Crippen molar-refractivity contribution in [2.24, 2.45) is 0 Å². The second-order valence-electron chi connectivity index (χ2n) is 5.03. The highest BCUT2D eigenvalue weighted by Gasteiger charge is 2.22. The third kappa shape index (κ3) is 4.05. The maximum Gasteiger partial charge on any atom is 0.303 e. The first-order valence-corrected chi connectivity index (χ1v) is 6.62. The highest BCUT2D eigenvalue weighted by Crippen LogP contribution is 2.16. The molecular formula is C15H20FNO3. The first-order chi connectivity index (χ1) is 9.34. The molecule has 20 heavy (non-hydrogen) atoms. The smallest absolute Gasteiger partial charge is 0.303 e. The quantitative estimate of drug-likeness (QED) is 0.872. The minimum atomic E-state index is -0.900. The van der Waals surface area contributed by atoms with E-state index in [4.69, 9.17) is 5.11 Å². The van der Waals surface area contributed by atoms with Crippen LogP contribution in [0.5, 0.6) is 0 Å². The second kappa shape index (κ2) is 7.03. The van der Waals surface area contributed by atoms with E-state index in [1.807, 2.05) is 13.8 Å². The molecule has 1 aromatic rings. The zero-order valence-corrected chi connectivity index (χ0v) is 12.0. The predicted molar refractivity (Wildman–Crippen MR) is 74.2 cm³/mol. The zero-order valence-electron chi connectivity index (χ0n) is 12.0. The molecule has 0 bridgehead atoms. The number of hydrogen-bond acceptors (Lipinski definition) is 2. The van der Waals surface area contributed by atoms with E-state index < -0.39 is 17.7 Å². The number of carbonyl (C=O) groups is 2. The molecule has 0 saturated carbocycles. The van der Waals surface area contributed by atoms with Crippen molar-refractivity contribution < 1.29 is 19.1 Å². The van der Waals surface area contributed by atoms with Crippen LogP contribution in [0.25, 0.3) is 0 Å². The number of halogens is 1. The Morgan fingerprint density at radius 1 is 1.35 bits per heavy atom. The number of nitrogens with zero attached hydrogens (tertiary/aromatic N) is 1. The van der Waals surface area contributed by atoms with Crippen molar-refractivity contribution >= 4 is 11.9 Å². The van der Waals surface area contributed by atoms with E-state index in [1.165, 1.54) is 11.0 Å². The molecule has 0 atom stereocenters. The molecule has 0 saturated heterocycles. The second-order valence-corrected chi connectivity index (χ2v) is 5.03. The largest absolute Gasteiger partial charge is 0.481 e. The van der Waals surface area contributed by atoms with Crippen molar-refractivity contribution in [1.29, 1.82) is 0 Å². The summed E-state index contributed by atoms with van der Waals surface area (Å²) in [5.74, 6) is -1.81. The molecule has 0 unspecified atom stereocenters. The van der Waals surface area contributed by atoms with Gasteiger partial charge in [-0.05, 0) is 38.8 Å². The Morgan fingerprint density at radius 2 is 2.00 bits per heavy atom. The molecule has 1 amide bonds. The summed E-state index contributed by atoms with van der Waals surface area (Å²) in [6, 6.07) is 4.59. The van der Waals surface area contributed by atoms with Gasteiger partial charge in [-0.3, -0.25) is 9.59 Å². The molecule has 5 heteroatoms. The zero-order chi connectivity index (χ0) is 15.3. The number of amides is 1. The Kier molecular flexibility index (Phi) is 5.67. The van der Waals surface area contributed by atoms with Gasteiger partial charge in [0.1, 0.15) is 5.82 Å². The van der Waals surface area contributed by atoms with Crippen LogP contribution in [0, 0.1) is 12.7 Å². The lowest BCUT2D eigenvalue weighted by molar-refractivity contribution is -0.137. The molecule has 1 N–H and O–H groups in total. The lowest BCUT2D eigenvalue weighted by Gasteiger charge is -2.27. The van der Waals surface area contributed by atoms with Gasteiger partial charge in [-0.15, -0.1) is 0 Å². The molecule has 4 nitrogen and oxygen atoms in total. The third-order valence-electron chi connectivity index (χ3n) is 3.10. The van der Waals surface area contributed by atoms with Crippen molar-refractivity contribution in [1.82, 2.24) is 4.90 Å². The minimum absolute atomic E-state index is 0.00714. The summed E-state index contributed by atoms with van der Waals surface area (Å²) in [6.45, 7) is 5.56. The van der Waals surface area contributed by atoms with Crippen LogP contribution in [0.4, 0.5) is 4.39 Å². The van der Waals surface area contributed by atoms with E-state index >= 15 is 0 Å². The lowest BCUT2D eigenvalue weighted by Crippen LogP contribution is -2.38. The van der Waals surface area contributed by atoms with Gasteiger partial charge in [0.05, 0.1) is 5.56 Å². The van der Waals surface area contributed by atoms with Gasteiger partial charge in [0, 0.05) is 19.0 Å². The van der Waals surface area contributed by atoms with E-state index in [2.05, 4.69) is 0 Å². The standard InChI is InChI=1S/C15H20FNO3/c1-10(2)17(9-5-8-13(18)19)15(20)12-7-4-6-11(3)14(12)16/h4,6-7,10H,5,8-9H2,1-3H3,(H,18,19). The van der Waals surface area contributed by atoms with Crippen molar-refractivity contribution in [2.75, 3.05) is 6.54 Å². The molecule has 0 aromatic heterocycles. The van der Waals surface area contributed by atoms with Crippen LogP contribution in [0.2, 0.25) is 0 Å². The van der Waals surface area contributed by atoms with E-state index in [0.717, 1.165) is 0 Å². The maximum atomic E-state index is 14.0. The molecular weight excluding hydrogens is 261 g/mol. The fourth-order valence-corrected chi connectivity index (χ4v) is 1.96. The number of hydrogen-bond donors (Lipinski definition) is 1. The third-order valence-corrected chi connectivity index (χ3v) is 3.10. The Morgan fingerprint density at radius 3 is 2.55 bits per heavy atom. The maximum absolute atomic E-state index is 14.0. The first kappa shape index (κ1) is 16.1. The summed E-state index contributed by atoms with van der Waals surface area (Å²) in [6.07, 6.45) is 0.347. The van der Waals surface area contributed by atoms with Gasteiger partial charge in [-0.2, -0.15) is 0 Å². The number of benzene rings is 1. The van der Waals surface area contributed by atoms with Crippen molar-refractivity contribution in [3.8, 4) is 0 Å². The number of carboxylic acid groups (broad SMARTS) is 1.